The minimum Gasteiger partial charge on any atom is -0.496 e. The molecule has 0 spiro atoms. The van der Waals surface area contributed by atoms with Crippen molar-refractivity contribution in [3.05, 3.63) is 57.2 Å². The fourth-order valence-corrected chi connectivity index (χ4v) is 2.54. The van der Waals surface area contributed by atoms with Gasteiger partial charge in [0.1, 0.15) is 5.75 Å². The maximum Gasteiger partial charge on any atom is 0.261 e. The van der Waals surface area contributed by atoms with Gasteiger partial charge in [-0.3, -0.25) is 10.1 Å². The predicted molar refractivity (Wildman–Crippen MR) is 101 cm³/mol. The van der Waals surface area contributed by atoms with Crippen LogP contribution in [0.2, 0.25) is 0 Å². The lowest BCUT2D eigenvalue weighted by atomic mass is 10.1. The van der Waals surface area contributed by atoms with Gasteiger partial charge in [-0.1, -0.05) is 12.1 Å². The Kier molecular flexibility index (Phi) is 5.73. The van der Waals surface area contributed by atoms with Crippen LogP contribution in [0, 0.1) is 10.5 Å². The molecule has 0 radical (unpaired) electrons. The number of halogens is 1. The number of para-hydroxylation sites is 1. The summed E-state index contributed by atoms with van der Waals surface area (Å²) in [5, 5.41) is 5.88. The molecule has 0 fully saturated rings. The van der Waals surface area contributed by atoms with E-state index >= 15 is 0 Å². The van der Waals surface area contributed by atoms with Crippen LogP contribution in [0.3, 0.4) is 0 Å². The van der Waals surface area contributed by atoms with Crippen molar-refractivity contribution in [2.45, 2.75) is 6.92 Å². The average Bonchev–Trinajstić information content (AvgIpc) is 2.49. The zero-order valence-electron chi connectivity index (χ0n) is 12.1. The highest BCUT2D eigenvalue weighted by molar-refractivity contribution is 14.1. The summed E-state index contributed by atoms with van der Waals surface area (Å²) in [6.07, 6.45) is 0. The van der Waals surface area contributed by atoms with Crippen LogP contribution >= 0.6 is 34.8 Å². The number of benzene rings is 2. The Bertz CT molecular complexity index is 702. The third kappa shape index (κ3) is 4.17. The first-order chi connectivity index (χ1) is 10.5. The predicted octanol–water partition coefficient (Wildman–Crippen LogP) is 3.74. The van der Waals surface area contributed by atoms with E-state index < -0.39 is 0 Å². The maximum atomic E-state index is 12.3. The molecule has 0 atom stereocenters. The summed E-state index contributed by atoms with van der Waals surface area (Å²) in [5.74, 6) is 0.251. The topological polar surface area (TPSA) is 50.4 Å². The van der Waals surface area contributed by atoms with Crippen molar-refractivity contribution in [3.8, 4) is 5.75 Å². The average molecular weight is 426 g/mol. The van der Waals surface area contributed by atoms with Crippen LogP contribution in [0.4, 0.5) is 5.69 Å². The number of thiocarbonyl (C=S) groups is 1. The van der Waals surface area contributed by atoms with Gasteiger partial charge < -0.3 is 10.1 Å². The smallest absolute Gasteiger partial charge is 0.261 e. The Balaban J connectivity index is 2.07. The first-order valence-corrected chi connectivity index (χ1v) is 8.01. The second-order valence-electron chi connectivity index (χ2n) is 4.57. The molecular weight excluding hydrogens is 411 g/mol. The molecule has 0 saturated heterocycles. The molecule has 2 aromatic carbocycles. The van der Waals surface area contributed by atoms with Crippen molar-refractivity contribution in [2.24, 2.45) is 0 Å². The third-order valence-corrected chi connectivity index (χ3v) is 3.91. The summed E-state index contributed by atoms with van der Waals surface area (Å²) >= 11 is 7.40. The highest BCUT2D eigenvalue weighted by Gasteiger charge is 2.15. The van der Waals surface area contributed by atoms with Gasteiger partial charge in [0.15, 0.2) is 5.11 Å². The van der Waals surface area contributed by atoms with Gasteiger partial charge in [-0.2, -0.15) is 0 Å². The molecular formula is C16H15IN2O2S. The monoisotopic (exact) mass is 426 g/mol. The number of hydrogen-bond donors (Lipinski definition) is 2. The zero-order chi connectivity index (χ0) is 16.1. The molecule has 0 unspecified atom stereocenters. The van der Waals surface area contributed by atoms with Crippen molar-refractivity contribution < 1.29 is 9.53 Å². The summed E-state index contributed by atoms with van der Waals surface area (Å²) < 4.78 is 6.41. The van der Waals surface area contributed by atoms with Gasteiger partial charge in [0.2, 0.25) is 0 Å². The van der Waals surface area contributed by atoms with Crippen LogP contribution in [-0.4, -0.2) is 18.1 Å². The van der Waals surface area contributed by atoms with E-state index in [0.717, 1.165) is 14.8 Å². The lowest BCUT2D eigenvalue weighted by Gasteiger charge is -2.13. The summed E-state index contributed by atoms with van der Waals surface area (Å²) in [5.41, 5.74) is 2.17. The van der Waals surface area contributed by atoms with E-state index in [-0.39, 0.29) is 11.0 Å². The van der Waals surface area contributed by atoms with Gasteiger partial charge in [0, 0.05) is 9.26 Å². The number of carbonyl (C=O) groups excluding carboxylic acids is 1. The molecule has 0 bridgehead atoms. The fourth-order valence-electron chi connectivity index (χ4n) is 1.97. The van der Waals surface area contributed by atoms with E-state index in [1.54, 1.807) is 13.2 Å². The highest BCUT2D eigenvalue weighted by atomic mass is 127. The standard InChI is InChI=1S/C16H15IN2O2S/c1-10-4-3-5-13(14(10)21-2)15(20)19-16(22)18-12-8-6-11(17)7-9-12/h3-9H,1-2H3,(H2,18,19,20,22). The molecule has 114 valence electrons. The number of amides is 1. The summed E-state index contributed by atoms with van der Waals surface area (Å²) in [6, 6.07) is 13.1. The van der Waals surface area contributed by atoms with Crippen LogP contribution in [0.15, 0.2) is 42.5 Å². The molecule has 4 nitrogen and oxygen atoms in total. The van der Waals surface area contributed by atoms with Crippen LogP contribution in [0.25, 0.3) is 0 Å². The molecule has 0 aliphatic carbocycles. The summed E-state index contributed by atoms with van der Waals surface area (Å²) in [4.78, 5) is 12.3. The van der Waals surface area contributed by atoms with E-state index in [2.05, 4.69) is 33.2 Å². The maximum absolute atomic E-state index is 12.3. The lowest BCUT2D eigenvalue weighted by molar-refractivity contribution is 0.0974. The van der Waals surface area contributed by atoms with E-state index in [1.165, 1.54) is 0 Å². The molecule has 0 aliphatic rings. The molecule has 2 aromatic rings. The third-order valence-electron chi connectivity index (χ3n) is 2.99. The molecule has 1 amide bonds. The van der Waals surface area contributed by atoms with Crippen molar-refractivity contribution in [1.29, 1.82) is 0 Å². The normalized spacial score (nSPS) is 9.95. The lowest BCUT2D eigenvalue weighted by Crippen LogP contribution is -2.34. The van der Waals surface area contributed by atoms with Crippen molar-refractivity contribution >= 4 is 51.5 Å². The van der Waals surface area contributed by atoms with Crippen LogP contribution in [0.5, 0.6) is 5.75 Å². The largest absolute Gasteiger partial charge is 0.496 e. The Hall–Kier alpha value is -1.67. The molecule has 0 aliphatic heterocycles. The second kappa shape index (κ2) is 7.55. The number of rotatable bonds is 3. The number of ether oxygens (including phenoxy) is 1. The van der Waals surface area contributed by atoms with Gasteiger partial charge in [-0.15, -0.1) is 0 Å². The zero-order valence-corrected chi connectivity index (χ0v) is 15.1. The molecule has 2 N–H and O–H groups in total. The quantitative estimate of drug-likeness (QED) is 0.580. The summed E-state index contributed by atoms with van der Waals surface area (Å²) in [7, 11) is 1.54. The second-order valence-corrected chi connectivity index (χ2v) is 6.22. The van der Waals surface area contributed by atoms with Gasteiger partial charge in [0.05, 0.1) is 12.7 Å². The Morgan fingerprint density at radius 1 is 1.18 bits per heavy atom. The van der Waals surface area contributed by atoms with Crippen molar-refractivity contribution in [3.63, 3.8) is 0 Å². The van der Waals surface area contributed by atoms with E-state index in [4.69, 9.17) is 17.0 Å². The number of carbonyl (C=O) groups is 1. The van der Waals surface area contributed by atoms with Crippen molar-refractivity contribution in [1.82, 2.24) is 5.32 Å². The van der Waals surface area contributed by atoms with E-state index in [0.29, 0.717) is 11.3 Å². The molecule has 0 heterocycles. The first-order valence-electron chi connectivity index (χ1n) is 6.52. The minimum atomic E-state index is -0.302. The van der Waals surface area contributed by atoms with Crippen LogP contribution < -0.4 is 15.4 Å². The van der Waals surface area contributed by atoms with Gasteiger partial charge >= 0.3 is 0 Å². The SMILES string of the molecule is COc1c(C)cccc1C(=O)NC(=S)Nc1ccc(I)cc1. The molecule has 0 saturated carbocycles. The number of nitrogens with one attached hydrogen (secondary N) is 2. The molecule has 6 heteroatoms. The van der Waals surface area contributed by atoms with Gasteiger partial charge in [0.25, 0.3) is 5.91 Å². The Morgan fingerprint density at radius 2 is 1.86 bits per heavy atom. The van der Waals surface area contributed by atoms with Crippen molar-refractivity contribution in [2.75, 3.05) is 12.4 Å². The Labute approximate surface area is 148 Å². The molecule has 22 heavy (non-hydrogen) atoms. The Morgan fingerprint density at radius 3 is 2.50 bits per heavy atom. The number of methoxy groups -OCH3 is 1. The first kappa shape index (κ1) is 16.7. The number of aryl methyl sites for hydroxylation is 1. The van der Waals surface area contributed by atoms with Crippen LogP contribution in [-0.2, 0) is 0 Å². The van der Waals surface area contributed by atoms with E-state index in [1.807, 2.05) is 43.3 Å². The van der Waals surface area contributed by atoms with Gasteiger partial charge in [-0.05, 0) is 77.6 Å². The molecule has 2 rings (SSSR count). The van der Waals surface area contributed by atoms with Gasteiger partial charge in [-0.25, -0.2) is 0 Å². The van der Waals surface area contributed by atoms with Crippen LogP contribution in [0.1, 0.15) is 15.9 Å². The molecule has 0 aromatic heterocycles. The number of hydrogen-bond acceptors (Lipinski definition) is 3. The fraction of sp³-hybridized carbons (Fsp3) is 0.125. The summed E-state index contributed by atoms with van der Waals surface area (Å²) in [6.45, 7) is 1.89. The highest BCUT2D eigenvalue weighted by Crippen LogP contribution is 2.22. The number of anilines is 1. The van der Waals surface area contributed by atoms with E-state index in [9.17, 15) is 4.79 Å². The minimum absolute atomic E-state index is 0.245.